The maximum atomic E-state index is 12.1. The molecular weight excluding hydrogens is 252 g/mol. The van der Waals surface area contributed by atoms with E-state index < -0.39 is 0 Å². The fraction of sp³-hybridized carbons (Fsp3) is 0.133. The van der Waals surface area contributed by atoms with Crippen molar-refractivity contribution >= 4 is 11.7 Å². The van der Waals surface area contributed by atoms with Crippen LogP contribution in [0.2, 0.25) is 0 Å². The molecule has 0 saturated carbocycles. The molecule has 1 aromatic heterocycles. The predicted octanol–water partition coefficient (Wildman–Crippen LogP) is 1.35. The van der Waals surface area contributed by atoms with Crippen molar-refractivity contribution < 1.29 is 4.79 Å². The summed E-state index contributed by atoms with van der Waals surface area (Å²) in [6.45, 7) is 2.22. The second-order valence-electron chi connectivity index (χ2n) is 4.08. The molecule has 0 aliphatic carbocycles. The second-order valence-corrected chi connectivity index (χ2v) is 4.08. The quantitative estimate of drug-likeness (QED) is 0.804. The Morgan fingerprint density at radius 2 is 2.25 bits per heavy atom. The summed E-state index contributed by atoms with van der Waals surface area (Å²) in [5.74, 6) is 5.94. The molecular formula is C15H14N4O. The van der Waals surface area contributed by atoms with Crippen molar-refractivity contribution in [2.75, 3.05) is 11.9 Å². The van der Waals surface area contributed by atoms with Crippen molar-refractivity contribution in [3.8, 4) is 11.8 Å². The Balaban J connectivity index is 2.17. The van der Waals surface area contributed by atoms with E-state index in [2.05, 4.69) is 27.1 Å². The van der Waals surface area contributed by atoms with Crippen LogP contribution in [0.15, 0.2) is 36.8 Å². The van der Waals surface area contributed by atoms with Gasteiger partial charge in [0.25, 0.3) is 5.91 Å². The lowest BCUT2D eigenvalue weighted by Gasteiger charge is -2.05. The molecule has 0 bridgehead atoms. The van der Waals surface area contributed by atoms with Gasteiger partial charge in [-0.15, -0.1) is 0 Å². The van der Waals surface area contributed by atoms with Crippen molar-refractivity contribution in [2.24, 2.45) is 5.73 Å². The third-order valence-electron chi connectivity index (χ3n) is 2.62. The molecule has 5 heteroatoms. The predicted molar refractivity (Wildman–Crippen MR) is 77.1 cm³/mol. The fourth-order valence-electron chi connectivity index (χ4n) is 1.64. The number of carbonyl (C=O) groups is 1. The zero-order valence-electron chi connectivity index (χ0n) is 11.1. The number of amides is 1. The van der Waals surface area contributed by atoms with E-state index >= 15 is 0 Å². The number of anilines is 1. The highest BCUT2D eigenvalue weighted by Gasteiger charge is 2.08. The van der Waals surface area contributed by atoms with Gasteiger partial charge in [0.15, 0.2) is 5.82 Å². The summed E-state index contributed by atoms with van der Waals surface area (Å²) in [6, 6.07) is 5.31. The van der Waals surface area contributed by atoms with E-state index in [0.29, 0.717) is 17.9 Å². The van der Waals surface area contributed by atoms with Crippen LogP contribution in [0.3, 0.4) is 0 Å². The van der Waals surface area contributed by atoms with Gasteiger partial charge in [0, 0.05) is 23.5 Å². The minimum Gasteiger partial charge on any atom is -0.320 e. The smallest absolute Gasteiger partial charge is 0.256 e. The first-order chi connectivity index (χ1) is 9.70. The molecule has 0 aliphatic heterocycles. The Bertz CT molecular complexity index is 671. The molecule has 0 unspecified atom stereocenters. The Kier molecular flexibility index (Phi) is 4.43. The summed E-state index contributed by atoms with van der Waals surface area (Å²) in [6.07, 6.45) is 4.56. The first-order valence-electron chi connectivity index (χ1n) is 6.07. The van der Waals surface area contributed by atoms with E-state index in [1.54, 1.807) is 18.3 Å². The van der Waals surface area contributed by atoms with Crippen molar-refractivity contribution in [1.82, 2.24) is 9.97 Å². The number of aromatic nitrogens is 2. The number of rotatable bonds is 2. The first-order valence-corrected chi connectivity index (χ1v) is 6.07. The van der Waals surface area contributed by atoms with Crippen molar-refractivity contribution in [3.63, 3.8) is 0 Å². The van der Waals surface area contributed by atoms with E-state index in [1.807, 2.05) is 13.0 Å². The average Bonchev–Trinajstić information content (AvgIpc) is 2.47. The highest BCUT2D eigenvalue weighted by Crippen LogP contribution is 2.11. The third-order valence-corrected chi connectivity index (χ3v) is 2.62. The lowest BCUT2D eigenvalue weighted by molar-refractivity contribution is 0.102. The fourth-order valence-corrected chi connectivity index (χ4v) is 1.64. The normalized spacial score (nSPS) is 9.50. The van der Waals surface area contributed by atoms with E-state index in [0.717, 1.165) is 11.1 Å². The van der Waals surface area contributed by atoms with E-state index in [-0.39, 0.29) is 5.91 Å². The molecule has 0 radical (unpaired) electrons. The molecule has 1 aromatic carbocycles. The van der Waals surface area contributed by atoms with Gasteiger partial charge in [0.2, 0.25) is 0 Å². The number of aryl methyl sites for hydroxylation is 1. The van der Waals surface area contributed by atoms with E-state index in [9.17, 15) is 4.79 Å². The summed E-state index contributed by atoms with van der Waals surface area (Å²) < 4.78 is 0. The number of nitrogens with zero attached hydrogens (tertiary/aromatic N) is 2. The SMILES string of the molecule is Cc1cc(C(=O)Nc2cnccn2)ccc1C#CCN. The lowest BCUT2D eigenvalue weighted by atomic mass is 10.0. The van der Waals surface area contributed by atoms with Gasteiger partial charge >= 0.3 is 0 Å². The number of nitrogens with one attached hydrogen (secondary N) is 1. The van der Waals surface area contributed by atoms with Gasteiger partial charge in [0.1, 0.15) is 0 Å². The van der Waals surface area contributed by atoms with Gasteiger partial charge in [-0.3, -0.25) is 9.78 Å². The minimum absolute atomic E-state index is 0.230. The molecule has 3 N–H and O–H groups in total. The van der Waals surface area contributed by atoms with Gasteiger partial charge in [0.05, 0.1) is 12.7 Å². The molecule has 0 aliphatic rings. The Morgan fingerprint density at radius 3 is 2.90 bits per heavy atom. The van der Waals surface area contributed by atoms with Crippen LogP contribution in [0.5, 0.6) is 0 Å². The molecule has 0 fully saturated rings. The Morgan fingerprint density at radius 1 is 1.40 bits per heavy atom. The monoisotopic (exact) mass is 266 g/mol. The molecule has 100 valence electrons. The summed E-state index contributed by atoms with van der Waals surface area (Å²) in [5, 5.41) is 2.68. The third kappa shape index (κ3) is 3.40. The van der Waals surface area contributed by atoms with Crippen LogP contribution >= 0.6 is 0 Å². The molecule has 0 spiro atoms. The summed E-state index contributed by atoms with van der Waals surface area (Å²) in [5.41, 5.74) is 7.68. The average molecular weight is 266 g/mol. The highest BCUT2D eigenvalue weighted by atomic mass is 16.1. The molecule has 1 amide bonds. The molecule has 0 atom stereocenters. The van der Waals surface area contributed by atoms with Crippen LogP contribution in [0.25, 0.3) is 0 Å². The van der Waals surface area contributed by atoms with Crippen molar-refractivity contribution in [1.29, 1.82) is 0 Å². The van der Waals surface area contributed by atoms with Crippen LogP contribution in [0.4, 0.5) is 5.82 Å². The number of nitrogens with two attached hydrogens (primary N) is 1. The summed E-state index contributed by atoms with van der Waals surface area (Å²) in [7, 11) is 0. The van der Waals surface area contributed by atoms with Gasteiger partial charge in [-0.25, -0.2) is 4.98 Å². The highest BCUT2D eigenvalue weighted by molar-refractivity contribution is 6.03. The molecule has 1 heterocycles. The van der Waals surface area contributed by atoms with Crippen LogP contribution in [0.1, 0.15) is 21.5 Å². The molecule has 0 saturated heterocycles. The van der Waals surface area contributed by atoms with Gasteiger partial charge in [-0.1, -0.05) is 11.8 Å². The second kappa shape index (κ2) is 6.45. The summed E-state index contributed by atoms with van der Waals surface area (Å²) >= 11 is 0. The maximum absolute atomic E-state index is 12.1. The zero-order valence-corrected chi connectivity index (χ0v) is 11.1. The molecule has 2 aromatic rings. The van der Waals surface area contributed by atoms with E-state index in [4.69, 9.17) is 5.73 Å². The van der Waals surface area contributed by atoms with Gasteiger partial charge in [-0.2, -0.15) is 0 Å². The number of carbonyl (C=O) groups excluding carboxylic acids is 1. The van der Waals surface area contributed by atoms with Crippen LogP contribution in [0, 0.1) is 18.8 Å². The summed E-state index contributed by atoms with van der Waals surface area (Å²) in [4.78, 5) is 19.9. The minimum atomic E-state index is -0.230. The van der Waals surface area contributed by atoms with Gasteiger partial charge < -0.3 is 11.1 Å². The van der Waals surface area contributed by atoms with Crippen molar-refractivity contribution in [3.05, 3.63) is 53.5 Å². The standard InChI is InChI=1S/C15H14N4O/c1-11-9-13(5-4-12(11)3-2-6-16)15(20)19-14-10-17-7-8-18-14/h4-5,7-10H,6,16H2,1H3,(H,18,19,20). The molecule has 20 heavy (non-hydrogen) atoms. The zero-order chi connectivity index (χ0) is 14.4. The van der Waals surface area contributed by atoms with Gasteiger partial charge in [-0.05, 0) is 30.7 Å². The number of hydrogen-bond acceptors (Lipinski definition) is 4. The number of hydrogen-bond donors (Lipinski definition) is 2. The van der Waals surface area contributed by atoms with Crippen molar-refractivity contribution in [2.45, 2.75) is 6.92 Å². The Hall–Kier alpha value is -2.71. The lowest BCUT2D eigenvalue weighted by Crippen LogP contribution is -2.13. The van der Waals surface area contributed by atoms with Crippen LogP contribution in [-0.2, 0) is 0 Å². The number of benzene rings is 1. The van der Waals surface area contributed by atoms with Crippen LogP contribution in [-0.4, -0.2) is 22.4 Å². The maximum Gasteiger partial charge on any atom is 0.256 e. The van der Waals surface area contributed by atoms with Crippen LogP contribution < -0.4 is 11.1 Å². The van der Waals surface area contributed by atoms with E-state index in [1.165, 1.54) is 12.4 Å². The molecule has 2 rings (SSSR count). The largest absolute Gasteiger partial charge is 0.320 e. The Labute approximate surface area is 117 Å². The topological polar surface area (TPSA) is 80.9 Å². The first kappa shape index (κ1) is 13.7. The molecule has 5 nitrogen and oxygen atoms in total.